The van der Waals surface area contributed by atoms with Gasteiger partial charge < -0.3 is 0 Å². The molecule has 1 aliphatic carbocycles. The fraction of sp³-hybridized carbons (Fsp3) is 0.0172. The highest BCUT2D eigenvalue weighted by Gasteiger charge is 2.50. The van der Waals surface area contributed by atoms with Crippen LogP contribution in [-0.2, 0) is 5.41 Å². The van der Waals surface area contributed by atoms with Crippen LogP contribution in [0, 0.1) is 0 Å². The molecule has 288 valence electrons. The van der Waals surface area contributed by atoms with Crippen LogP contribution in [0.5, 0.6) is 0 Å². The number of aromatic nitrogens is 3. The molecular weight excluding hydrogens is 771 g/mol. The molecule has 0 amide bonds. The van der Waals surface area contributed by atoms with Gasteiger partial charge in [-0.1, -0.05) is 194 Å². The van der Waals surface area contributed by atoms with Gasteiger partial charge in [0, 0.05) is 42.6 Å². The number of hydrogen-bond donors (Lipinski definition) is 0. The van der Waals surface area contributed by atoms with Crippen LogP contribution in [0.4, 0.5) is 0 Å². The number of pyridine rings is 1. The van der Waals surface area contributed by atoms with E-state index >= 15 is 0 Å². The minimum absolute atomic E-state index is 0.466. The molecule has 2 aliphatic rings. The molecule has 62 heavy (non-hydrogen) atoms. The third kappa shape index (κ3) is 5.11. The highest BCUT2D eigenvalue weighted by atomic mass is 32.2. The standard InChI is InChI=1S/C58H35N3S/c1-4-16-36(17-5-1)55-43-31-32-47-54(41-22-10-11-23-44(41)58(47)45-24-12-14-26-51(45)62-52-27-15-13-25-46(52)58)53(43)42-30-28-39(34-49(42)60-55)40-29-33-48-50(35-40)61-57(38-20-8-3-9-21-38)56(59-48)37-18-6-2-7-19-37/h1-35H. The van der Waals surface area contributed by atoms with E-state index in [-0.39, 0.29) is 0 Å². The summed E-state index contributed by atoms with van der Waals surface area (Å²) in [5.41, 5.74) is 18.1. The van der Waals surface area contributed by atoms with Crippen molar-refractivity contribution in [1.82, 2.24) is 15.0 Å². The second-order valence-corrected chi connectivity index (χ2v) is 17.3. The van der Waals surface area contributed by atoms with Gasteiger partial charge in [-0.2, -0.15) is 0 Å². The molecular formula is C58H35N3S. The summed E-state index contributed by atoms with van der Waals surface area (Å²) in [6, 6.07) is 76.5. The van der Waals surface area contributed by atoms with Crippen molar-refractivity contribution in [3.8, 4) is 56.0 Å². The summed E-state index contributed by atoms with van der Waals surface area (Å²) >= 11 is 1.88. The highest BCUT2D eigenvalue weighted by molar-refractivity contribution is 7.99. The predicted octanol–water partition coefficient (Wildman–Crippen LogP) is 14.8. The molecule has 0 saturated heterocycles. The Morgan fingerprint density at radius 3 is 1.45 bits per heavy atom. The lowest BCUT2D eigenvalue weighted by Crippen LogP contribution is -2.31. The molecule has 3 nitrogen and oxygen atoms in total. The summed E-state index contributed by atoms with van der Waals surface area (Å²) in [6.07, 6.45) is 0. The first-order valence-electron chi connectivity index (χ1n) is 21.1. The second kappa shape index (κ2) is 13.7. The topological polar surface area (TPSA) is 38.7 Å². The summed E-state index contributed by atoms with van der Waals surface area (Å²) in [7, 11) is 0. The van der Waals surface area contributed by atoms with E-state index in [1.165, 1.54) is 48.6 Å². The fourth-order valence-corrected chi connectivity index (χ4v) is 11.5. The van der Waals surface area contributed by atoms with Gasteiger partial charge in [-0.25, -0.2) is 15.0 Å². The Morgan fingerprint density at radius 1 is 0.323 bits per heavy atom. The molecule has 1 spiro atoms. The second-order valence-electron chi connectivity index (χ2n) is 16.2. The summed E-state index contributed by atoms with van der Waals surface area (Å²) in [6.45, 7) is 0. The number of benzene rings is 9. The van der Waals surface area contributed by atoms with Gasteiger partial charge in [0.1, 0.15) is 0 Å². The molecule has 1 aliphatic heterocycles. The Hall–Kier alpha value is -7.66. The van der Waals surface area contributed by atoms with Crippen LogP contribution in [0.2, 0.25) is 0 Å². The highest BCUT2D eigenvalue weighted by Crippen LogP contribution is 2.63. The molecule has 2 aromatic heterocycles. The average molecular weight is 806 g/mol. The van der Waals surface area contributed by atoms with Gasteiger partial charge in [0.2, 0.25) is 0 Å². The molecule has 0 saturated carbocycles. The van der Waals surface area contributed by atoms with E-state index in [9.17, 15) is 0 Å². The van der Waals surface area contributed by atoms with E-state index in [2.05, 4.69) is 200 Å². The predicted molar refractivity (Wildman–Crippen MR) is 256 cm³/mol. The van der Waals surface area contributed by atoms with Crippen molar-refractivity contribution in [2.24, 2.45) is 0 Å². The molecule has 0 atom stereocenters. The molecule has 4 heteroatoms. The van der Waals surface area contributed by atoms with E-state index in [1.54, 1.807) is 0 Å². The van der Waals surface area contributed by atoms with Gasteiger partial charge in [0.25, 0.3) is 0 Å². The molecule has 0 N–H and O–H groups in total. The van der Waals surface area contributed by atoms with Crippen LogP contribution < -0.4 is 0 Å². The minimum Gasteiger partial charge on any atom is -0.247 e. The summed E-state index contributed by atoms with van der Waals surface area (Å²) in [4.78, 5) is 18.7. The maximum absolute atomic E-state index is 5.55. The number of nitrogens with zero attached hydrogens (tertiary/aromatic N) is 3. The third-order valence-corrected chi connectivity index (χ3v) is 14.1. The van der Waals surface area contributed by atoms with Gasteiger partial charge in [-0.15, -0.1) is 0 Å². The quantitative estimate of drug-likeness (QED) is 0.166. The smallest absolute Gasteiger partial charge is 0.0973 e. The fourth-order valence-electron chi connectivity index (χ4n) is 10.3. The Balaban J connectivity index is 1.07. The number of fused-ring (bicyclic) bond motifs is 14. The summed E-state index contributed by atoms with van der Waals surface area (Å²) in [5.74, 6) is 0. The zero-order valence-corrected chi connectivity index (χ0v) is 34.3. The van der Waals surface area contributed by atoms with Crippen molar-refractivity contribution >= 4 is 44.5 Å². The Morgan fingerprint density at radius 2 is 0.806 bits per heavy atom. The van der Waals surface area contributed by atoms with Gasteiger partial charge in [0.15, 0.2) is 0 Å². The van der Waals surface area contributed by atoms with E-state index in [1.807, 2.05) is 23.9 Å². The van der Waals surface area contributed by atoms with Crippen molar-refractivity contribution in [2.45, 2.75) is 15.2 Å². The lowest BCUT2D eigenvalue weighted by Gasteiger charge is -2.39. The van der Waals surface area contributed by atoms with E-state index in [4.69, 9.17) is 15.0 Å². The molecule has 0 bridgehead atoms. The maximum Gasteiger partial charge on any atom is 0.0973 e. The van der Waals surface area contributed by atoms with Crippen LogP contribution in [-0.4, -0.2) is 15.0 Å². The van der Waals surface area contributed by atoms with Crippen LogP contribution in [0.1, 0.15) is 22.3 Å². The zero-order chi connectivity index (χ0) is 40.8. The van der Waals surface area contributed by atoms with Crippen molar-refractivity contribution in [1.29, 1.82) is 0 Å². The van der Waals surface area contributed by atoms with Crippen LogP contribution in [0.15, 0.2) is 222 Å². The Labute approximate surface area is 363 Å². The van der Waals surface area contributed by atoms with Gasteiger partial charge in [0.05, 0.1) is 39.0 Å². The van der Waals surface area contributed by atoms with E-state index in [0.717, 1.165) is 72.2 Å². The van der Waals surface area contributed by atoms with Gasteiger partial charge in [-0.3, -0.25) is 0 Å². The zero-order valence-electron chi connectivity index (χ0n) is 33.5. The van der Waals surface area contributed by atoms with E-state index < -0.39 is 5.41 Å². The molecule has 3 heterocycles. The van der Waals surface area contributed by atoms with Crippen LogP contribution in [0.3, 0.4) is 0 Å². The molecule has 0 radical (unpaired) electrons. The lowest BCUT2D eigenvalue weighted by molar-refractivity contribution is 0.723. The van der Waals surface area contributed by atoms with Gasteiger partial charge in [-0.05, 0) is 74.8 Å². The van der Waals surface area contributed by atoms with Crippen molar-refractivity contribution in [3.63, 3.8) is 0 Å². The largest absolute Gasteiger partial charge is 0.247 e. The third-order valence-electron chi connectivity index (χ3n) is 12.9. The average Bonchev–Trinajstić information content (AvgIpc) is 3.64. The first-order chi connectivity index (χ1) is 30.7. The van der Waals surface area contributed by atoms with Crippen LogP contribution >= 0.6 is 11.8 Å². The monoisotopic (exact) mass is 805 g/mol. The van der Waals surface area contributed by atoms with Crippen molar-refractivity contribution in [2.75, 3.05) is 0 Å². The Kier molecular flexibility index (Phi) is 7.75. The maximum atomic E-state index is 5.55. The molecule has 13 rings (SSSR count). The normalized spacial score (nSPS) is 13.2. The SMILES string of the molecule is c1ccc(-c2nc3ccc(-c4ccc5c(c4)nc(-c4ccccc4)c4ccc6c(c45)-c4ccccc4C64c5ccccc5Sc5ccccc54)cc3nc2-c2ccccc2)cc1. The number of rotatable bonds is 4. The molecule has 9 aromatic carbocycles. The first kappa shape index (κ1) is 35.1. The van der Waals surface area contributed by atoms with Crippen molar-refractivity contribution < 1.29 is 0 Å². The summed E-state index contributed by atoms with van der Waals surface area (Å²) < 4.78 is 0. The Bertz CT molecular complexity index is 3560. The molecule has 0 fully saturated rings. The van der Waals surface area contributed by atoms with Crippen molar-refractivity contribution in [3.05, 3.63) is 235 Å². The first-order valence-corrected chi connectivity index (χ1v) is 21.9. The number of hydrogen-bond acceptors (Lipinski definition) is 4. The molecule has 0 unspecified atom stereocenters. The molecule has 11 aromatic rings. The summed E-state index contributed by atoms with van der Waals surface area (Å²) in [5, 5.41) is 3.52. The van der Waals surface area contributed by atoms with Gasteiger partial charge >= 0.3 is 0 Å². The van der Waals surface area contributed by atoms with Crippen LogP contribution in [0.25, 0.3) is 88.7 Å². The lowest BCUT2D eigenvalue weighted by atomic mass is 9.67. The minimum atomic E-state index is -0.466. The van der Waals surface area contributed by atoms with E-state index in [0.29, 0.717) is 0 Å².